The second kappa shape index (κ2) is 9.32. The van der Waals surface area contributed by atoms with E-state index in [0.29, 0.717) is 19.0 Å². The first-order chi connectivity index (χ1) is 13.2. The predicted molar refractivity (Wildman–Crippen MR) is 111 cm³/mol. The molecule has 7 heteroatoms. The number of para-hydroxylation sites is 1. The maximum absolute atomic E-state index is 4.65. The highest BCUT2D eigenvalue weighted by atomic mass is 32.1. The summed E-state index contributed by atoms with van der Waals surface area (Å²) >= 11 is 1.68. The largest absolute Gasteiger partial charge is 0.357 e. The Labute approximate surface area is 164 Å². The Kier molecular flexibility index (Phi) is 6.59. The van der Waals surface area contributed by atoms with Gasteiger partial charge in [-0.2, -0.15) is 5.10 Å². The summed E-state index contributed by atoms with van der Waals surface area (Å²) in [5, 5.41) is 14.4. The molecule has 0 unspecified atom stereocenters. The quantitative estimate of drug-likeness (QED) is 0.483. The Morgan fingerprint density at radius 1 is 1.19 bits per heavy atom. The lowest BCUT2D eigenvalue weighted by Gasteiger charge is -2.09. The van der Waals surface area contributed by atoms with Crippen LogP contribution in [0.4, 0.5) is 0 Å². The molecule has 2 aromatic heterocycles. The van der Waals surface area contributed by atoms with Crippen LogP contribution < -0.4 is 10.6 Å². The minimum atomic E-state index is 0.455. The molecule has 27 heavy (non-hydrogen) atoms. The number of hydrogen-bond donors (Lipinski definition) is 2. The van der Waals surface area contributed by atoms with Gasteiger partial charge in [0.15, 0.2) is 5.96 Å². The molecule has 142 valence electrons. The van der Waals surface area contributed by atoms with E-state index in [4.69, 9.17) is 0 Å². The summed E-state index contributed by atoms with van der Waals surface area (Å²) in [6.07, 6.45) is 1.96. The Hall–Kier alpha value is -2.67. The van der Waals surface area contributed by atoms with Gasteiger partial charge in [-0.1, -0.05) is 32.0 Å². The van der Waals surface area contributed by atoms with Gasteiger partial charge in [-0.25, -0.2) is 14.7 Å². The molecule has 0 aliphatic rings. The van der Waals surface area contributed by atoms with E-state index in [1.807, 2.05) is 47.3 Å². The van der Waals surface area contributed by atoms with E-state index in [9.17, 15) is 0 Å². The highest BCUT2D eigenvalue weighted by Gasteiger charge is 2.07. The third-order valence-electron chi connectivity index (χ3n) is 3.98. The van der Waals surface area contributed by atoms with Crippen LogP contribution in [0.2, 0.25) is 0 Å². The van der Waals surface area contributed by atoms with Crippen molar-refractivity contribution in [2.45, 2.75) is 39.8 Å². The van der Waals surface area contributed by atoms with Crippen LogP contribution in [-0.2, 0) is 13.1 Å². The summed E-state index contributed by atoms with van der Waals surface area (Å²) in [7, 11) is 0. The molecule has 3 aromatic rings. The van der Waals surface area contributed by atoms with E-state index < -0.39 is 0 Å². The van der Waals surface area contributed by atoms with Gasteiger partial charge in [-0.15, -0.1) is 11.3 Å². The Balaban J connectivity index is 1.61. The molecule has 0 aliphatic heterocycles. The van der Waals surface area contributed by atoms with Crippen molar-refractivity contribution in [3.05, 3.63) is 64.4 Å². The number of rotatable bonds is 7. The van der Waals surface area contributed by atoms with Crippen LogP contribution in [0.25, 0.3) is 5.69 Å². The molecule has 3 rings (SSSR count). The van der Waals surface area contributed by atoms with Gasteiger partial charge in [0, 0.05) is 18.1 Å². The molecule has 0 bridgehead atoms. The molecule has 0 amide bonds. The number of benzene rings is 1. The minimum absolute atomic E-state index is 0.455. The number of nitrogens with one attached hydrogen (secondary N) is 2. The number of nitrogens with zero attached hydrogens (tertiary/aromatic N) is 4. The third-order valence-corrected chi connectivity index (χ3v) is 4.84. The molecule has 1 aromatic carbocycles. The van der Waals surface area contributed by atoms with E-state index in [2.05, 4.69) is 51.9 Å². The third kappa shape index (κ3) is 5.40. The van der Waals surface area contributed by atoms with Crippen molar-refractivity contribution in [2.24, 2.45) is 4.99 Å². The first-order valence-electron chi connectivity index (χ1n) is 9.22. The van der Waals surface area contributed by atoms with Crippen LogP contribution in [0.3, 0.4) is 0 Å². The summed E-state index contributed by atoms with van der Waals surface area (Å²) in [6, 6.07) is 12.1. The molecule has 6 nitrogen and oxygen atoms in total. The highest BCUT2D eigenvalue weighted by Crippen LogP contribution is 2.17. The number of guanidine groups is 1. The molecule has 0 spiro atoms. The zero-order chi connectivity index (χ0) is 19.1. The van der Waals surface area contributed by atoms with Crippen LogP contribution in [0.5, 0.6) is 0 Å². The van der Waals surface area contributed by atoms with E-state index in [0.717, 1.165) is 34.6 Å². The summed E-state index contributed by atoms with van der Waals surface area (Å²) < 4.78 is 1.87. The molecular weight excluding hydrogens is 356 g/mol. The maximum atomic E-state index is 4.65. The SMILES string of the molecule is CCNC(=NCc1ccn(-c2ccccc2)n1)NCc1nc(C(C)C)cs1. The Bertz CT molecular complexity index is 865. The van der Waals surface area contributed by atoms with Gasteiger partial charge in [0.2, 0.25) is 0 Å². The zero-order valence-corrected chi connectivity index (χ0v) is 16.8. The monoisotopic (exact) mass is 382 g/mol. The zero-order valence-electron chi connectivity index (χ0n) is 16.0. The molecule has 0 atom stereocenters. The normalized spacial score (nSPS) is 11.8. The topological polar surface area (TPSA) is 67.1 Å². The molecule has 0 saturated carbocycles. The van der Waals surface area contributed by atoms with Crippen LogP contribution in [0, 0.1) is 0 Å². The molecule has 2 heterocycles. The van der Waals surface area contributed by atoms with Crippen molar-refractivity contribution in [2.75, 3.05) is 6.54 Å². The molecule has 0 saturated heterocycles. The standard InChI is InChI=1S/C20H26N6S/c1-4-21-20(23-13-19-24-18(14-27-19)15(2)3)22-12-16-10-11-26(25-16)17-8-6-5-7-9-17/h5-11,14-15H,4,12-13H2,1-3H3,(H2,21,22,23). The predicted octanol–water partition coefficient (Wildman–Crippen LogP) is 3.71. The summed E-state index contributed by atoms with van der Waals surface area (Å²) in [5.41, 5.74) is 3.11. The fourth-order valence-electron chi connectivity index (χ4n) is 2.50. The van der Waals surface area contributed by atoms with E-state index in [-0.39, 0.29) is 0 Å². The van der Waals surface area contributed by atoms with Crippen LogP contribution in [-0.4, -0.2) is 27.3 Å². The molecule has 0 radical (unpaired) electrons. The Morgan fingerprint density at radius 2 is 2.00 bits per heavy atom. The van der Waals surface area contributed by atoms with Gasteiger partial charge in [0.1, 0.15) is 5.01 Å². The lowest BCUT2D eigenvalue weighted by atomic mass is 10.2. The molecular formula is C20H26N6S. The number of aromatic nitrogens is 3. The average Bonchev–Trinajstić information content (AvgIpc) is 3.34. The van der Waals surface area contributed by atoms with Crippen LogP contribution >= 0.6 is 11.3 Å². The summed E-state index contributed by atoms with van der Waals surface area (Å²) in [4.78, 5) is 9.30. The second-order valence-corrected chi connectivity index (χ2v) is 7.40. The highest BCUT2D eigenvalue weighted by molar-refractivity contribution is 7.09. The smallest absolute Gasteiger partial charge is 0.191 e. The molecule has 2 N–H and O–H groups in total. The molecule has 0 fully saturated rings. The molecule has 0 aliphatic carbocycles. The van der Waals surface area contributed by atoms with Gasteiger partial charge in [-0.05, 0) is 31.0 Å². The maximum Gasteiger partial charge on any atom is 0.191 e. The Morgan fingerprint density at radius 3 is 2.70 bits per heavy atom. The lowest BCUT2D eigenvalue weighted by molar-refractivity contribution is 0.781. The van der Waals surface area contributed by atoms with Crippen molar-refractivity contribution in [1.82, 2.24) is 25.4 Å². The first kappa shape index (κ1) is 19.1. The number of hydrogen-bond acceptors (Lipinski definition) is 4. The lowest BCUT2D eigenvalue weighted by Crippen LogP contribution is -2.36. The van der Waals surface area contributed by atoms with Crippen LogP contribution in [0.15, 0.2) is 53.0 Å². The fraction of sp³-hybridized carbons (Fsp3) is 0.350. The average molecular weight is 383 g/mol. The van der Waals surface area contributed by atoms with Crippen molar-refractivity contribution in [1.29, 1.82) is 0 Å². The van der Waals surface area contributed by atoms with E-state index in [1.165, 1.54) is 0 Å². The van der Waals surface area contributed by atoms with Gasteiger partial charge < -0.3 is 10.6 Å². The van der Waals surface area contributed by atoms with Crippen molar-refractivity contribution in [3.63, 3.8) is 0 Å². The van der Waals surface area contributed by atoms with Crippen LogP contribution in [0.1, 0.15) is 43.1 Å². The number of thiazole rings is 1. The summed E-state index contributed by atoms with van der Waals surface area (Å²) in [6.45, 7) is 8.37. The van der Waals surface area contributed by atoms with Gasteiger partial charge in [0.25, 0.3) is 0 Å². The van der Waals surface area contributed by atoms with Gasteiger partial charge in [-0.3, -0.25) is 0 Å². The fourth-order valence-corrected chi connectivity index (χ4v) is 3.40. The van der Waals surface area contributed by atoms with Gasteiger partial charge in [0.05, 0.1) is 30.2 Å². The number of aliphatic imine (C=N–C) groups is 1. The second-order valence-electron chi connectivity index (χ2n) is 6.46. The van der Waals surface area contributed by atoms with Crippen molar-refractivity contribution < 1.29 is 0 Å². The van der Waals surface area contributed by atoms with Crippen molar-refractivity contribution in [3.8, 4) is 5.69 Å². The van der Waals surface area contributed by atoms with Crippen molar-refractivity contribution >= 4 is 17.3 Å². The van der Waals surface area contributed by atoms with Gasteiger partial charge >= 0.3 is 0 Å². The van der Waals surface area contributed by atoms with E-state index >= 15 is 0 Å². The van der Waals surface area contributed by atoms with E-state index in [1.54, 1.807) is 11.3 Å². The minimum Gasteiger partial charge on any atom is -0.357 e. The first-order valence-corrected chi connectivity index (χ1v) is 10.1. The summed E-state index contributed by atoms with van der Waals surface area (Å²) in [5.74, 6) is 1.23.